The van der Waals surface area contributed by atoms with E-state index in [1.165, 1.54) is 0 Å². The van der Waals surface area contributed by atoms with Crippen LogP contribution in [0.15, 0.2) is 54.9 Å². The standard InChI is InChI=1S/C16H13F2N3/c17-11-4-5-15(18)14(8-11)16(21-19)13-3-1-2-10-9-20-7-6-12(10)13/h1-9,16,21H,19H2. The van der Waals surface area contributed by atoms with Crippen molar-refractivity contribution in [2.24, 2.45) is 5.84 Å². The smallest absolute Gasteiger partial charge is 0.128 e. The highest BCUT2D eigenvalue weighted by molar-refractivity contribution is 5.85. The van der Waals surface area contributed by atoms with Crippen molar-refractivity contribution >= 4 is 10.8 Å². The van der Waals surface area contributed by atoms with Gasteiger partial charge >= 0.3 is 0 Å². The number of pyridine rings is 1. The Kier molecular flexibility index (Phi) is 3.60. The highest BCUT2D eigenvalue weighted by atomic mass is 19.1. The molecule has 0 saturated heterocycles. The van der Waals surface area contributed by atoms with Gasteiger partial charge in [0.15, 0.2) is 0 Å². The molecule has 3 aromatic rings. The molecule has 1 heterocycles. The van der Waals surface area contributed by atoms with Crippen molar-refractivity contribution in [2.75, 3.05) is 0 Å². The summed E-state index contributed by atoms with van der Waals surface area (Å²) in [5.41, 5.74) is 3.50. The van der Waals surface area contributed by atoms with Gasteiger partial charge in [-0.25, -0.2) is 14.2 Å². The Bertz CT molecular complexity index is 784. The van der Waals surface area contributed by atoms with E-state index in [-0.39, 0.29) is 5.56 Å². The van der Waals surface area contributed by atoms with Crippen LogP contribution in [0.1, 0.15) is 17.2 Å². The minimum absolute atomic E-state index is 0.168. The van der Waals surface area contributed by atoms with E-state index in [0.717, 1.165) is 34.5 Å². The number of halogens is 2. The number of fused-ring (bicyclic) bond motifs is 1. The van der Waals surface area contributed by atoms with Crippen molar-refractivity contribution in [3.63, 3.8) is 0 Å². The topological polar surface area (TPSA) is 50.9 Å². The molecule has 1 unspecified atom stereocenters. The van der Waals surface area contributed by atoms with Crippen molar-refractivity contribution in [3.05, 3.63) is 77.6 Å². The van der Waals surface area contributed by atoms with Gasteiger partial charge in [0.05, 0.1) is 6.04 Å². The van der Waals surface area contributed by atoms with Crippen LogP contribution in [0.2, 0.25) is 0 Å². The van der Waals surface area contributed by atoms with Gasteiger partial charge in [-0.15, -0.1) is 0 Å². The second-order valence-corrected chi connectivity index (χ2v) is 4.71. The molecule has 0 spiro atoms. The molecule has 21 heavy (non-hydrogen) atoms. The fraction of sp³-hybridized carbons (Fsp3) is 0.0625. The van der Waals surface area contributed by atoms with Crippen LogP contribution in [0.5, 0.6) is 0 Å². The molecule has 3 N–H and O–H groups in total. The molecule has 0 aliphatic rings. The summed E-state index contributed by atoms with van der Waals surface area (Å²) in [6.07, 6.45) is 3.37. The van der Waals surface area contributed by atoms with E-state index in [9.17, 15) is 8.78 Å². The molecular formula is C16H13F2N3. The van der Waals surface area contributed by atoms with Gasteiger partial charge < -0.3 is 0 Å². The molecule has 3 rings (SSSR count). The average molecular weight is 285 g/mol. The monoisotopic (exact) mass is 285 g/mol. The number of nitrogens with zero attached hydrogens (tertiary/aromatic N) is 1. The Morgan fingerprint density at radius 3 is 2.71 bits per heavy atom. The van der Waals surface area contributed by atoms with Crippen LogP contribution < -0.4 is 11.3 Å². The average Bonchev–Trinajstić information content (AvgIpc) is 2.51. The minimum Gasteiger partial charge on any atom is -0.271 e. The zero-order chi connectivity index (χ0) is 14.8. The van der Waals surface area contributed by atoms with E-state index < -0.39 is 17.7 Å². The molecule has 5 heteroatoms. The normalized spacial score (nSPS) is 12.5. The van der Waals surface area contributed by atoms with Crippen LogP contribution in [0, 0.1) is 11.6 Å². The summed E-state index contributed by atoms with van der Waals surface area (Å²) in [4.78, 5) is 4.06. The summed E-state index contributed by atoms with van der Waals surface area (Å²) in [7, 11) is 0. The maximum absolute atomic E-state index is 14.0. The second kappa shape index (κ2) is 5.55. The number of benzene rings is 2. The molecular weight excluding hydrogens is 272 g/mol. The van der Waals surface area contributed by atoms with Gasteiger partial charge in [-0.05, 0) is 35.2 Å². The Morgan fingerprint density at radius 2 is 1.90 bits per heavy atom. The quantitative estimate of drug-likeness (QED) is 0.574. The van der Waals surface area contributed by atoms with Gasteiger partial charge in [-0.3, -0.25) is 10.8 Å². The lowest BCUT2D eigenvalue weighted by Gasteiger charge is -2.19. The molecule has 1 aromatic heterocycles. The van der Waals surface area contributed by atoms with Crippen molar-refractivity contribution in [2.45, 2.75) is 6.04 Å². The molecule has 0 amide bonds. The molecule has 0 saturated carbocycles. The van der Waals surface area contributed by atoms with Crippen molar-refractivity contribution in [3.8, 4) is 0 Å². The summed E-state index contributed by atoms with van der Waals surface area (Å²) in [6, 6.07) is 10.1. The van der Waals surface area contributed by atoms with Gasteiger partial charge in [0.25, 0.3) is 0 Å². The predicted molar refractivity (Wildman–Crippen MR) is 77.3 cm³/mol. The lowest BCUT2D eigenvalue weighted by Crippen LogP contribution is -2.29. The van der Waals surface area contributed by atoms with Crippen molar-refractivity contribution in [1.82, 2.24) is 10.4 Å². The molecule has 1 atom stereocenters. The minimum atomic E-state index is -0.646. The van der Waals surface area contributed by atoms with Crippen LogP contribution in [-0.2, 0) is 0 Å². The fourth-order valence-electron chi connectivity index (χ4n) is 2.48. The number of nitrogens with two attached hydrogens (primary N) is 1. The van der Waals surface area contributed by atoms with Crippen molar-refractivity contribution < 1.29 is 8.78 Å². The van der Waals surface area contributed by atoms with Gasteiger partial charge in [-0.2, -0.15) is 0 Å². The molecule has 2 aromatic carbocycles. The largest absolute Gasteiger partial charge is 0.271 e. The SMILES string of the molecule is NNC(c1cc(F)ccc1F)c1cccc2cnccc12. The fourth-order valence-corrected chi connectivity index (χ4v) is 2.48. The number of hydrogen-bond donors (Lipinski definition) is 2. The number of nitrogens with one attached hydrogen (secondary N) is 1. The first-order chi connectivity index (χ1) is 10.2. The summed E-state index contributed by atoms with van der Waals surface area (Å²) < 4.78 is 27.4. The summed E-state index contributed by atoms with van der Waals surface area (Å²) in [6.45, 7) is 0. The Balaban J connectivity index is 2.21. The third-order valence-corrected chi connectivity index (χ3v) is 3.46. The number of hydrazine groups is 1. The third-order valence-electron chi connectivity index (χ3n) is 3.46. The Labute approximate surface area is 120 Å². The van der Waals surface area contributed by atoms with E-state index in [4.69, 9.17) is 5.84 Å². The molecule has 0 aliphatic heterocycles. The van der Waals surface area contributed by atoms with Crippen LogP contribution in [0.25, 0.3) is 10.8 Å². The van der Waals surface area contributed by atoms with Crippen LogP contribution >= 0.6 is 0 Å². The molecule has 0 radical (unpaired) electrons. The van der Waals surface area contributed by atoms with E-state index in [1.807, 2.05) is 24.3 Å². The van der Waals surface area contributed by atoms with Gasteiger partial charge in [-0.1, -0.05) is 18.2 Å². The van der Waals surface area contributed by atoms with Gasteiger partial charge in [0.2, 0.25) is 0 Å². The highest BCUT2D eigenvalue weighted by Crippen LogP contribution is 2.29. The van der Waals surface area contributed by atoms with Gasteiger partial charge in [0.1, 0.15) is 11.6 Å². The zero-order valence-electron chi connectivity index (χ0n) is 11.1. The Morgan fingerprint density at radius 1 is 1.05 bits per heavy atom. The summed E-state index contributed by atoms with van der Waals surface area (Å²) in [5, 5.41) is 1.80. The number of hydrogen-bond acceptors (Lipinski definition) is 3. The first-order valence-corrected chi connectivity index (χ1v) is 6.44. The second-order valence-electron chi connectivity index (χ2n) is 4.71. The predicted octanol–water partition coefficient (Wildman–Crippen LogP) is 3.07. The van der Waals surface area contributed by atoms with Crippen LogP contribution in [0.3, 0.4) is 0 Å². The van der Waals surface area contributed by atoms with Crippen LogP contribution in [0.4, 0.5) is 8.78 Å². The van der Waals surface area contributed by atoms with Crippen molar-refractivity contribution in [1.29, 1.82) is 0 Å². The molecule has 0 fully saturated rings. The first-order valence-electron chi connectivity index (χ1n) is 6.44. The molecule has 0 bridgehead atoms. The summed E-state index contributed by atoms with van der Waals surface area (Å²) in [5.74, 6) is 4.58. The van der Waals surface area contributed by atoms with E-state index in [0.29, 0.717) is 0 Å². The highest BCUT2D eigenvalue weighted by Gasteiger charge is 2.19. The van der Waals surface area contributed by atoms with Crippen LogP contribution in [-0.4, -0.2) is 4.98 Å². The molecule has 106 valence electrons. The number of aromatic nitrogens is 1. The van der Waals surface area contributed by atoms with Gasteiger partial charge in [0, 0.05) is 23.3 Å². The third kappa shape index (κ3) is 2.49. The van der Waals surface area contributed by atoms with E-state index in [2.05, 4.69) is 10.4 Å². The maximum atomic E-state index is 14.0. The first kappa shape index (κ1) is 13.6. The Hall–Kier alpha value is -2.37. The zero-order valence-corrected chi connectivity index (χ0v) is 11.1. The van der Waals surface area contributed by atoms with E-state index in [1.54, 1.807) is 12.4 Å². The molecule has 0 aliphatic carbocycles. The lowest BCUT2D eigenvalue weighted by molar-refractivity contribution is 0.547. The lowest BCUT2D eigenvalue weighted by atomic mass is 9.94. The maximum Gasteiger partial charge on any atom is 0.128 e. The summed E-state index contributed by atoms with van der Waals surface area (Å²) >= 11 is 0. The van der Waals surface area contributed by atoms with E-state index >= 15 is 0 Å². The number of rotatable bonds is 3. The molecule has 3 nitrogen and oxygen atoms in total.